The van der Waals surface area contributed by atoms with Gasteiger partial charge >= 0.3 is 0 Å². The van der Waals surface area contributed by atoms with Crippen molar-refractivity contribution in [3.8, 4) is 0 Å². The summed E-state index contributed by atoms with van der Waals surface area (Å²) in [6, 6.07) is 3.08. The Hall–Kier alpha value is -1.66. The highest BCUT2D eigenvalue weighted by atomic mass is 35.5. The van der Waals surface area contributed by atoms with Crippen LogP contribution in [0.3, 0.4) is 0 Å². The highest BCUT2D eigenvalue weighted by Crippen LogP contribution is 2.17. The molecule has 82 valence electrons. The summed E-state index contributed by atoms with van der Waals surface area (Å²) in [6.07, 6.45) is 2.65. The molecule has 0 saturated carbocycles. The fourth-order valence-corrected chi connectivity index (χ4v) is 1.43. The summed E-state index contributed by atoms with van der Waals surface area (Å²) >= 11 is 11.6. The molecule has 16 heavy (non-hydrogen) atoms. The third kappa shape index (κ3) is 1.98. The molecule has 0 unspecified atom stereocenters. The molecule has 0 aromatic carbocycles. The largest absolute Gasteiger partial charge is 0.409 e. The maximum atomic E-state index is 8.92. The van der Waals surface area contributed by atoms with Crippen LogP contribution in [0.5, 0.6) is 0 Å². The summed E-state index contributed by atoms with van der Waals surface area (Å²) in [7, 11) is 0. The topological polar surface area (TPSA) is 76.2 Å². The Labute approximate surface area is 100 Å². The fraction of sp³-hybridized carbons (Fsp3) is 0. The summed E-state index contributed by atoms with van der Waals surface area (Å²) in [6.45, 7) is 0. The molecule has 8 heteroatoms. The van der Waals surface area contributed by atoms with E-state index >= 15 is 0 Å². The molecule has 0 amide bonds. The normalized spacial score (nSPS) is 11.8. The summed E-state index contributed by atoms with van der Waals surface area (Å²) < 4.78 is 1.23. The predicted molar refractivity (Wildman–Crippen MR) is 58.0 cm³/mol. The van der Waals surface area contributed by atoms with Gasteiger partial charge in [-0.05, 0) is 12.1 Å². The van der Waals surface area contributed by atoms with Gasteiger partial charge < -0.3 is 5.21 Å². The van der Waals surface area contributed by atoms with Gasteiger partial charge in [0.05, 0.1) is 5.02 Å². The van der Waals surface area contributed by atoms with Crippen LogP contribution in [0.4, 0.5) is 0 Å². The van der Waals surface area contributed by atoms with Crippen LogP contribution in [0.25, 0.3) is 0 Å². The Morgan fingerprint density at radius 3 is 2.81 bits per heavy atom. The lowest BCUT2D eigenvalue weighted by Crippen LogP contribution is -2.16. The molecule has 0 atom stereocenters. The standard InChI is InChI=1S/C8H5Cl2N5O/c9-5-1-2-6(10)13-7(5)8(14-16)15-4-11-3-12-15/h1-4,16H/b14-8+. The van der Waals surface area contributed by atoms with Crippen LogP contribution in [-0.2, 0) is 0 Å². The van der Waals surface area contributed by atoms with E-state index in [0.29, 0.717) is 5.02 Å². The third-order valence-electron chi connectivity index (χ3n) is 1.75. The second-order valence-corrected chi connectivity index (χ2v) is 3.52. The number of oxime groups is 1. The molecular formula is C8H5Cl2N5O. The van der Waals surface area contributed by atoms with Gasteiger partial charge in [-0.3, -0.25) is 0 Å². The number of aromatic nitrogens is 4. The first-order chi connectivity index (χ1) is 7.72. The van der Waals surface area contributed by atoms with Crippen LogP contribution in [0, 0.1) is 0 Å². The average Bonchev–Trinajstić information content (AvgIpc) is 2.78. The minimum atomic E-state index is 0.0463. The van der Waals surface area contributed by atoms with Crippen molar-refractivity contribution in [3.05, 3.63) is 40.7 Å². The van der Waals surface area contributed by atoms with E-state index in [4.69, 9.17) is 28.4 Å². The van der Waals surface area contributed by atoms with Crippen molar-refractivity contribution in [2.24, 2.45) is 5.16 Å². The van der Waals surface area contributed by atoms with Gasteiger partial charge in [0.15, 0.2) is 0 Å². The van der Waals surface area contributed by atoms with E-state index in [9.17, 15) is 0 Å². The maximum absolute atomic E-state index is 8.92. The number of hydrogen-bond acceptors (Lipinski definition) is 5. The molecule has 0 radical (unpaired) electrons. The van der Waals surface area contributed by atoms with Crippen molar-refractivity contribution in [1.82, 2.24) is 19.7 Å². The van der Waals surface area contributed by atoms with Crippen LogP contribution >= 0.6 is 23.2 Å². The maximum Gasteiger partial charge on any atom is 0.221 e. The Morgan fingerprint density at radius 1 is 1.38 bits per heavy atom. The Balaban J connectivity index is 2.54. The molecule has 0 spiro atoms. The van der Waals surface area contributed by atoms with Crippen molar-refractivity contribution in [3.63, 3.8) is 0 Å². The third-order valence-corrected chi connectivity index (χ3v) is 2.27. The molecule has 0 aliphatic rings. The van der Waals surface area contributed by atoms with Gasteiger partial charge in [0, 0.05) is 0 Å². The zero-order valence-electron chi connectivity index (χ0n) is 7.75. The van der Waals surface area contributed by atoms with Crippen molar-refractivity contribution >= 4 is 29.0 Å². The van der Waals surface area contributed by atoms with Crippen LogP contribution < -0.4 is 0 Å². The van der Waals surface area contributed by atoms with E-state index in [1.807, 2.05) is 0 Å². The molecule has 2 aromatic rings. The lowest BCUT2D eigenvalue weighted by atomic mass is 10.3. The SMILES string of the molecule is O/N=C(\c1nc(Cl)ccc1Cl)n1cncn1. The van der Waals surface area contributed by atoms with E-state index < -0.39 is 0 Å². The smallest absolute Gasteiger partial charge is 0.221 e. The Bertz CT molecular complexity index is 525. The summed E-state index contributed by atoms with van der Waals surface area (Å²) in [5.74, 6) is 0.0463. The number of pyridine rings is 1. The monoisotopic (exact) mass is 257 g/mol. The van der Waals surface area contributed by atoms with E-state index in [1.54, 1.807) is 6.07 Å². The summed E-state index contributed by atoms with van der Waals surface area (Å²) in [5, 5.41) is 16.3. The number of halogens is 2. The first-order valence-electron chi connectivity index (χ1n) is 4.12. The van der Waals surface area contributed by atoms with Crippen molar-refractivity contribution in [2.75, 3.05) is 0 Å². The Kier molecular flexibility index (Phi) is 3.02. The van der Waals surface area contributed by atoms with Gasteiger partial charge in [-0.15, -0.1) is 0 Å². The molecular weight excluding hydrogens is 253 g/mol. The highest BCUT2D eigenvalue weighted by molar-refractivity contribution is 6.35. The average molecular weight is 258 g/mol. The second-order valence-electron chi connectivity index (χ2n) is 2.73. The van der Waals surface area contributed by atoms with E-state index in [2.05, 4.69) is 20.2 Å². The number of hydrogen-bond donors (Lipinski definition) is 1. The van der Waals surface area contributed by atoms with Gasteiger partial charge in [-0.1, -0.05) is 28.4 Å². The first-order valence-corrected chi connectivity index (χ1v) is 4.87. The molecule has 1 N–H and O–H groups in total. The molecule has 0 aliphatic heterocycles. The molecule has 2 aromatic heterocycles. The molecule has 6 nitrogen and oxygen atoms in total. The fourth-order valence-electron chi connectivity index (χ4n) is 1.09. The zero-order valence-corrected chi connectivity index (χ0v) is 9.26. The number of nitrogens with zero attached hydrogens (tertiary/aromatic N) is 5. The van der Waals surface area contributed by atoms with Gasteiger partial charge in [-0.2, -0.15) is 9.78 Å². The van der Waals surface area contributed by atoms with E-state index in [0.717, 1.165) is 0 Å². The van der Waals surface area contributed by atoms with Gasteiger partial charge in [0.2, 0.25) is 5.84 Å². The minimum absolute atomic E-state index is 0.0463. The van der Waals surface area contributed by atoms with E-state index in [-0.39, 0.29) is 16.7 Å². The van der Waals surface area contributed by atoms with Gasteiger partial charge in [-0.25, -0.2) is 9.97 Å². The number of rotatable bonds is 1. The molecule has 2 heterocycles. The van der Waals surface area contributed by atoms with Crippen LogP contribution in [0.15, 0.2) is 29.9 Å². The highest BCUT2D eigenvalue weighted by Gasteiger charge is 2.14. The lowest BCUT2D eigenvalue weighted by molar-refractivity contribution is 0.316. The molecule has 0 aliphatic carbocycles. The predicted octanol–water partition coefficient (Wildman–Crippen LogP) is 1.66. The molecule has 0 bridgehead atoms. The van der Waals surface area contributed by atoms with Crippen LogP contribution in [0.1, 0.15) is 5.69 Å². The first kappa shape index (κ1) is 10.8. The Morgan fingerprint density at radius 2 is 2.19 bits per heavy atom. The quantitative estimate of drug-likeness (QED) is 0.277. The summed E-state index contributed by atoms with van der Waals surface area (Å²) in [4.78, 5) is 7.68. The van der Waals surface area contributed by atoms with Gasteiger partial charge in [0.1, 0.15) is 23.5 Å². The van der Waals surface area contributed by atoms with Gasteiger partial charge in [0.25, 0.3) is 0 Å². The molecule has 2 rings (SSSR count). The van der Waals surface area contributed by atoms with Crippen molar-refractivity contribution < 1.29 is 5.21 Å². The summed E-state index contributed by atoms with van der Waals surface area (Å²) in [5.41, 5.74) is 0.224. The molecule has 0 saturated heterocycles. The lowest BCUT2D eigenvalue weighted by Gasteiger charge is -2.04. The minimum Gasteiger partial charge on any atom is -0.409 e. The van der Waals surface area contributed by atoms with Crippen molar-refractivity contribution in [1.29, 1.82) is 0 Å². The zero-order chi connectivity index (χ0) is 11.5. The van der Waals surface area contributed by atoms with Crippen molar-refractivity contribution in [2.45, 2.75) is 0 Å². The second kappa shape index (κ2) is 4.46. The van der Waals surface area contributed by atoms with E-state index in [1.165, 1.54) is 23.4 Å². The van der Waals surface area contributed by atoms with Crippen LogP contribution in [-0.4, -0.2) is 30.8 Å². The van der Waals surface area contributed by atoms with Crippen LogP contribution in [0.2, 0.25) is 10.2 Å². The molecule has 0 fully saturated rings.